The summed E-state index contributed by atoms with van der Waals surface area (Å²) in [5.74, 6) is -0.607. The molecule has 0 fully saturated rings. The number of carbonyl (C=O) groups excluding carboxylic acids is 1. The van der Waals surface area contributed by atoms with Gasteiger partial charge in [0.15, 0.2) is 12.4 Å². The molecule has 0 bridgehead atoms. The van der Waals surface area contributed by atoms with Crippen molar-refractivity contribution in [1.29, 1.82) is 0 Å². The van der Waals surface area contributed by atoms with E-state index in [1.807, 2.05) is 17.7 Å². The zero-order chi connectivity index (χ0) is 16.4. The largest absolute Gasteiger partial charge is 0.319 e. The summed E-state index contributed by atoms with van der Waals surface area (Å²) >= 11 is 5.96. The molecule has 1 aromatic carbocycles. The van der Waals surface area contributed by atoms with E-state index in [0.29, 0.717) is 5.69 Å². The molecule has 3 nitrogen and oxygen atoms in total. The first-order chi connectivity index (χ1) is 11.0. The molecule has 120 valence electrons. The molecule has 1 N–H and O–H groups in total. The molecule has 2 aromatic rings. The van der Waals surface area contributed by atoms with Crippen LogP contribution in [0.3, 0.4) is 0 Å². The molecule has 1 heterocycles. The average molecular weight is 334 g/mol. The molecule has 5 heteroatoms. The third-order valence-corrected chi connectivity index (χ3v) is 4.64. The summed E-state index contributed by atoms with van der Waals surface area (Å²) in [6, 6.07) is 5.66. The minimum absolute atomic E-state index is 0.181. The number of amides is 1. The predicted molar refractivity (Wildman–Crippen MR) is 88.0 cm³/mol. The molecular weight excluding hydrogens is 315 g/mol. The van der Waals surface area contributed by atoms with E-state index in [-0.39, 0.29) is 17.0 Å². The van der Waals surface area contributed by atoms with Gasteiger partial charge in [-0.3, -0.25) is 4.79 Å². The first-order valence-electron chi connectivity index (χ1n) is 7.83. The standard InChI is InChI=1S/C18H18ClFN2O/c1-12(18(23)21-17-7-6-15(20)10-16(17)19)22-9-8-13-4-2-3-5-14(13)11-22/h6-12H,2-5H2,1H3/p+1/t12-/m1/s1. The third kappa shape index (κ3) is 3.53. The second-order valence-electron chi connectivity index (χ2n) is 5.94. The number of nitrogens with zero attached hydrogens (tertiary/aromatic N) is 1. The number of hydrogen-bond acceptors (Lipinski definition) is 1. The maximum Gasteiger partial charge on any atom is 0.293 e. The number of anilines is 1. The van der Waals surface area contributed by atoms with Gasteiger partial charge in [0, 0.05) is 18.6 Å². The Balaban J connectivity index is 1.77. The predicted octanol–water partition coefficient (Wildman–Crippen LogP) is 3.85. The summed E-state index contributed by atoms with van der Waals surface area (Å²) in [4.78, 5) is 12.4. The van der Waals surface area contributed by atoms with Crippen molar-refractivity contribution in [2.45, 2.75) is 38.6 Å². The van der Waals surface area contributed by atoms with Crippen molar-refractivity contribution in [2.24, 2.45) is 0 Å². The summed E-state index contributed by atoms with van der Waals surface area (Å²) < 4.78 is 15.0. The van der Waals surface area contributed by atoms with Crippen LogP contribution >= 0.6 is 11.6 Å². The van der Waals surface area contributed by atoms with Gasteiger partial charge in [0.25, 0.3) is 5.91 Å². The van der Waals surface area contributed by atoms with Crippen LogP contribution < -0.4 is 9.88 Å². The van der Waals surface area contributed by atoms with Crippen LogP contribution in [0.15, 0.2) is 36.7 Å². The number of nitrogens with one attached hydrogen (secondary N) is 1. The molecule has 1 aliphatic rings. The Labute approximate surface area is 140 Å². The maximum absolute atomic E-state index is 13.1. The van der Waals surface area contributed by atoms with Crippen molar-refractivity contribution in [3.05, 3.63) is 58.6 Å². The van der Waals surface area contributed by atoms with Crippen LogP contribution in [-0.2, 0) is 17.6 Å². The number of benzene rings is 1. The Morgan fingerprint density at radius 1 is 1.26 bits per heavy atom. The molecule has 1 aliphatic carbocycles. The Morgan fingerprint density at radius 2 is 2.00 bits per heavy atom. The summed E-state index contributed by atoms with van der Waals surface area (Å²) in [5.41, 5.74) is 3.11. The Hall–Kier alpha value is -1.94. The van der Waals surface area contributed by atoms with Gasteiger partial charge in [-0.15, -0.1) is 0 Å². The van der Waals surface area contributed by atoms with E-state index in [0.717, 1.165) is 12.8 Å². The van der Waals surface area contributed by atoms with Crippen LogP contribution in [0.4, 0.5) is 10.1 Å². The lowest BCUT2D eigenvalue weighted by atomic mass is 9.93. The van der Waals surface area contributed by atoms with Crippen LogP contribution in [0, 0.1) is 5.82 Å². The highest BCUT2D eigenvalue weighted by Gasteiger charge is 2.24. The van der Waals surface area contributed by atoms with E-state index < -0.39 is 5.82 Å². The van der Waals surface area contributed by atoms with Gasteiger partial charge in [-0.05, 0) is 49.4 Å². The van der Waals surface area contributed by atoms with Crippen molar-refractivity contribution < 1.29 is 13.8 Å². The first kappa shape index (κ1) is 15.9. The topological polar surface area (TPSA) is 33.0 Å². The Kier molecular flexibility index (Phi) is 4.62. The zero-order valence-electron chi connectivity index (χ0n) is 13.0. The van der Waals surface area contributed by atoms with Gasteiger partial charge in [0.1, 0.15) is 5.82 Å². The number of rotatable bonds is 3. The number of pyridine rings is 1. The van der Waals surface area contributed by atoms with Crippen molar-refractivity contribution in [3.63, 3.8) is 0 Å². The minimum Gasteiger partial charge on any atom is -0.319 e. The van der Waals surface area contributed by atoms with E-state index in [9.17, 15) is 9.18 Å². The second kappa shape index (κ2) is 6.67. The van der Waals surface area contributed by atoms with Crippen LogP contribution in [0.25, 0.3) is 0 Å². The number of aryl methyl sites for hydroxylation is 2. The summed E-state index contributed by atoms with van der Waals surface area (Å²) in [7, 11) is 0. The van der Waals surface area contributed by atoms with E-state index in [1.165, 1.54) is 42.2 Å². The molecule has 0 spiro atoms. The maximum atomic E-state index is 13.1. The van der Waals surface area contributed by atoms with Gasteiger partial charge < -0.3 is 5.32 Å². The second-order valence-corrected chi connectivity index (χ2v) is 6.35. The number of halogens is 2. The quantitative estimate of drug-likeness (QED) is 0.850. The van der Waals surface area contributed by atoms with E-state index >= 15 is 0 Å². The average Bonchev–Trinajstić information content (AvgIpc) is 2.56. The Bertz CT molecular complexity index is 748. The molecule has 1 amide bonds. The zero-order valence-corrected chi connectivity index (χ0v) is 13.7. The van der Waals surface area contributed by atoms with Gasteiger partial charge in [-0.25, -0.2) is 4.39 Å². The lowest BCUT2D eigenvalue weighted by molar-refractivity contribution is -0.706. The van der Waals surface area contributed by atoms with Crippen LogP contribution in [-0.4, -0.2) is 5.91 Å². The highest BCUT2D eigenvalue weighted by molar-refractivity contribution is 6.33. The van der Waals surface area contributed by atoms with Crippen LogP contribution in [0.2, 0.25) is 5.02 Å². The number of fused-ring (bicyclic) bond motifs is 1. The molecule has 3 rings (SSSR count). The molecule has 0 radical (unpaired) electrons. The van der Waals surface area contributed by atoms with Crippen molar-refractivity contribution in [1.82, 2.24) is 0 Å². The molecule has 23 heavy (non-hydrogen) atoms. The van der Waals surface area contributed by atoms with Crippen molar-refractivity contribution >= 4 is 23.2 Å². The molecule has 1 aromatic heterocycles. The number of hydrogen-bond donors (Lipinski definition) is 1. The third-order valence-electron chi connectivity index (χ3n) is 4.32. The van der Waals surface area contributed by atoms with Gasteiger partial charge in [-0.1, -0.05) is 11.6 Å². The van der Waals surface area contributed by atoms with Gasteiger partial charge in [-0.2, -0.15) is 4.57 Å². The monoisotopic (exact) mass is 333 g/mol. The lowest BCUT2D eigenvalue weighted by Crippen LogP contribution is -2.44. The molecule has 0 aliphatic heterocycles. The number of aromatic nitrogens is 1. The van der Waals surface area contributed by atoms with Crippen LogP contribution in [0.5, 0.6) is 0 Å². The highest BCUT2D eigenvalue weighted by atomic mass is 35.5. The number of carbonyl (C=O) groups is 1. The van der Waals surface area contributed by atoms with Gasteiger partial charge in [0.05, 0.1) is 10.7 Å². The summed E-state index contributed by atoms with van der Waals surface area (Å²) in [5, 5.41) is 2.95. The van der Waals surface area contributed by atoms with Gasteiger partial charge in [0.2, 0.25) is 6.04 Å². The summed E-state index contributed by atoms with van der Waals surface area (Å²) in [6.45, 7) is 1.84. The molecule has 0 saturated heterocycles. The fourth-order valence-electron chi connectivity index (χ4n) is 2.89. The first-order valence-corrected chi connectivity index (χ1v) is 8.21. The van der Waals surface area contributed by atoms with Gasteiger partial charge >= 0.3 is 0 Å². The van der Waals surface area contributed by atoms with E-state index in [2.05, 4.69) is 17.6 Å². The molecule has 0 saturated carbocycles. The molecule has 1 atom stereocenters. The fraction of sp³-hybridized carbons (Fsp3) is 0.333. The lowest BCUT2D eigenvalue weighted by Gasteiger charge is -2.15. The SMILES string of the molecule is C[C@H](C(=O)Nc1ccc(F)cc1Cl)[n+]1ccc2c(c1)CCCC2. The normalized spacial score (nSPS) is 14.9. The van der Waals surface area contributed by atoms with Crippen molar-refractivity contribution in [3.8, 4) is 0 Å². The van der Waals surface area contributed by atoms with Crippen molar-refractivity contribution in [2.75, 3.05) is 5.32 Å². The fourth-order valence-corrected chi connectivity index (χ4v) is 3.11. The summed E-state index contributed by atoms with van der Waals surface area (Å²) in [6.07, 6.45) is 8.61. The molecular formula is C18H19ClFN2O+. The Morgan fingerprint density at radius 3 is 2.74 bits per heavy atom. The molecule has 0 unspecified atom stereocenters. The van der Waals surface area contributed by atoms with E-state index in [4.69, 9.17) is 11.6 Å². The smallest absolute Gasteiger partial charge is 0.293 e. The van der Waals surface area contributed by atoms with E-state index in [1.54, 1.807) is 0 Å². The van der Waals surface area contributed by atoms with Crippen LogP contribution in [0.1, 0.15) is 36.9 Å². The highest BCUT2D eigenvalue weighted by Crippen LogP contribution is 2.23. The minimum atomic E-state index is -0.426.